The molecule has 0 amide bonds. The van der Waals surface area contributed by atoms with Crippen molar-refractivity contribution in [2.24, 2.45) is 0 Å². The molecule has 1 unspecified atom stereocenters. The summed E-state index contributed by atoms with van der Waals surface area (Å²) in [6.07, 6.45) is 2.97. The largest absolute Gasteiger partial charge is 0.496 e. The van der Waals surface area contributed by atoms with Crippen molar-refractivity contribution in [1.29, 1.82) is 0 Å². The zero-order valence-corrected chi connectivity index (χ0v) is 14.9. The molecule has 1 heterocycles. The van der Waals surface area contributed by atoms with Crippen LogP contribution in [0.3, 0.4) is 0 Å². The van der Waals surface area contributed by atoms with E-state index in [9.17, 15) is 0 Å². The number of rotatable bonds is 7. The molecule has 0 aliphatic rings. The average Bonchev–Trinajstić information content (AvgIpc) is 2.93. The second-order valence-corrected chi connectivity index (χ2v) is 6.49. The maximum absolute atomic E-state index is 5.27. The molecule has 4 nitrogen and oxygen atoms in total. The van der Waals surface area contributed by atoms with Crippen LogP contribution in [0.4, 0.5) is 0 Å². The van der Waals surface area contributed by atoms with Crippen molar-refractivity contribution < 1.29 is 4.74 Å². The third-order valence-corrected chi connectivity index (χ3v) is 4.89. The third-order valence-electron chi connectivity index (χ3n) is 3.39. The van der Waals surface area contributed by atoms with Gasteiger partial charge in [0, 0.05) is 6.04 Å². The molecule has 1 N–H and O–H groups in total. The summed E-state index contributed by atoms with van der Waals surface area (Å²) in [7, 11) is 3.66. The fraction of sp³-hybridized carbons (Fsp3) is 0.467. The third kappa shape index (κ3) is 4.02. The summed E-state index contributed by atoms with van der Waals surface area (Å²) < 4.78 is 10.4. The van der Waals surface area contributed by atoms with Gasteiger partial charge in [0.25, 0.3) is 0 Å². The van der Waals surface area contributed by atoms with E-state index in [2.05, 4.69) is 49.9 Å². The van der Waals surface area contributed by atoms with E-state index in [-0.39, 0.29) is 6.04 Å². The first kappa shape index (κ1) is 16.4. The lowest BCUT2D eigenvalue weighted by molar-refractivity contribution is 0.412. The van der Waals surface area contributed by atoms with Crippen molar-refractivity contribution in [3.8, 4) is 5.75 Å². The van der Waals surface area contributed by atoms with Gasteiger partial charge in [-0.3, -0.25) is 0 Å². The van der Waals surface area contributed by atoms with E-state index >= 15 is 0 Å². The number of benzene rings is 1. The number of hydrogen-bond donors (Lipinski definition) is 1. The Morgan fingerprint density at radius 3 is 2.86 bits per heavy atom. The van der Waals surface area contributed by atoms with Gasteiger partial charge in [0.2, 0.25) is 0 Å². The van der Waals surface area contributed by atoms with Crippen LogP contribution in [-0.2, 0) is 12.8 Å². The van der Waals surface area contributed by atoms with Crippen molar-refractivity contribution >= 4 is 27.5 Å². The molecule has 0 radical (unpaired) electrons. The SMILES string of the molecule is CCCc1nnsc1C(Cc1ccc(OC)c(Br)c1)NC. The summed E-state index contributed by atoms with van der Waals surface area (Å²) >= 11 is 5.03. The lowest BCUT2D eigenvalue weighted by Crippen LogP contribution is -2.19. The molecule has 0 spiro atoms. The van der Waals surface area contributed by atoms with E-state index in [1.165, 1.54) is 22.0 Å². The topological polar surface area (TPSA) is 47.0 Å². The van der Waals surface area contributed by atoms with Crippen LogP contribution in [0.25, 0.3) is 0 Å². The highest BCUT2D eigenvalue weighted by molar-refractivity contribution is 9.10. The molecule has 1 aromatic carbocycles. The first-order valence-corrected chi connectivity index (χ1v) is 8.57. The zero-order valence-electron chi connectivity index (χ0n) is 12.5. The van der Waals surface area contributed by atoms with Gasteiger partial charge in [0.1, 0.15) is 5.75 Å². The van der Waals surface area contributed by atoms with Gasteiger partial charge in [0.15, 0.2) is 0 Å². The smallest absolute Gasteiger partial charge is 0.133 e. The first-order chi connectivity index (χ1) is 10.2. The molecule has 1 atom stereocenters. The minimum Gasteiger partial charge on any atom is -0.496 e. The number of nitrogens with one attached hydrogen (secondary N) is 1. The Kier molecular flexibility index (Phi) is 6.14. The Morgan fingerprint density at radius 1 is 1.43 bits per heavy atom. The van der Waals surface area contributed by atoms with Gasteiger partial charge in [-0.1, -0.05) is 23.9 Å². The molecule has 0 aliphatic carbocycles. The number of likely N-dealkylation sites (N-methyl/N-ethyl adjacent to an activating group) is 1. The summed E-state index contributed by atoms with van der Waals surface area (Å²) in [5, 5.41) is 7.64. The highest BCUT2D eigenvalue weighted by Gasteiger charge is 2.18. The van der Waals surface area contributed by atoms with Crippen molar-refractivity contribution in [1.82, 2.24) is 14.9 Å². The number of nitrogens with zero attached hydrogens (tertiary/aromatic N) is 2. The summed E-state index contributed by atoms with van der Waals surface area (Å²) in [6, 6.07) is 6.44. The van der Waals surface area contributed by atoms with E-state index < -0.39 is 0 Å². The minimum atomic E-state index is 0.242. The predicted octanol–water partition coefficient (Wildman–Crippen LogP) is 3.76. The lowest BCUT2D eigenvalue weighted by atomic mass is 10.0. The van der Waals surface area contributed by atoms with Crippen molar-refractivity contribution in [2.45, 2.75) is 32.2 Å². The fourth-order valence-corrected chi connectivity index (χ4v) is 3.68. The van der Waals surface area contributed by atoms with Crippen molar-refractivity contribution in [3.05, 3.63) is 38.8 Å². The Balaban J connectivity index is 2.18. The molecule has 0 aliphatic heterocycles. The molecule has 114 valence electrons. The fourth-order valence-electron chi connectivity index (χ4n) is 2.29. The van der Waals surface area contributed by atoms with Crippen LogP contribution in [0.2, 0.25) is 0 Å². The maximum atomic E-state index is 5.27. The summed E-state index contributed by atoms with van der Waals surface area (Å²) in [5.41, 5.74) is 2.37. The standard InChI is InChI=1S/C15H20BrN3OS/c1-4-5-12-15(21-19-18-12)13(17-2)9-10-6-7-14(20-3)11(16)8-10/h6-8,13,17H,4-5,9H2,1-3H3. The number of aromatic nitrogens is 2. The number of ether oxygens (including phenoxy) is 1. The Labute approximate surface area is 138 Å². The highest BCUT2D eigenvalue weighted by Crippen LogP contribution is 2.29. The van der Waals surface area contributed by atoms with Gasteiger partial charge in [-0.25, -0.2) is 0 Å². The van der Waals surface area contributed by atoms with E-state index in [1.807, 2.05) is 13.1 Å². The Bertz CT molecular complexity index is 588. The van der Waals surface area contributed by atoms with Crippen LogP contribution in [-0.4, -0.2) is 23.7 Å². The van der Waals surface area contributed by atoms with Crippen LogP contribution in [0, 0.1) is 0 Å². The monoisotopic (exact) mass is 369 g/mol. The van der Waals surface area contributed by atoms with E-state index in [0.717, 1.165) is 35.2 Å². The molecule has 0 bridgehead atoms. The summed E-state index contributed by atoms with van der Waals surface area (Å²) in [6.45, 7) is 2.16. The highest BCUT2D eigenvalue weighted by atomic mass is 79.9. The number of methoxy groups -OCH3 is 1. The lowest BCUT2D eigenvalue weighted by Gasteiger charge is -2.16. The molecule has 2 aromatic rings. The maximum Gasteiger partial charge on any atom is 0.133 e. The van der Waals surface area contributed by atoms with Gasteiger partial charge in [-0.05, 0) is 65.0 Å². The van der Waals surface area contributed by atoms with Crippen molar-refractivity contribution in [2.75, 3.05) is 14.2 Å². The number of hydrogen-bond acceptors (Lipinski definition) is 5. The summed E-state index contributed by atoms with van der Waals surface area (Å²) in [5.74, 6) is 0.853. The van der Waals surface area contributed by atoms with Gasteiger partial charge in [-0.15, -0.1) is 5.10 Å². The quantitative estimate of drug-likeness (QED) is 0.806. The van der Waals surface area contributed by atoms with E-state index in [4.69, 9.17) is 4.74 Å². The molecule has 0 fully saturated rings. The van der Waals surface area contributed by atoms with Crippen LogP contribution in [0.5, 0.6) is 5.75 Å². The molecule has 21 heavy (non-hydrogen) atoms. The molecule has 1 aromatic heterocycles. The van der Waals surface area contributed by atoms with Crippen LogP contribution in [0.1, 0.15) is 35.5 Å². The van der Waals surface area contributed by atoms with E-state index in [1.54, 1.807) is 7.11 Å². The molecular formula is C15H20BrN3OS. The second-order valence-electron chi connectivity index (χ2n) is 4.85. The molecule has 6 heteroatoms. The van der Waals surface area contributed by atoms with Gasteiger partial charge in [-0.2, -0.15) is 0 Å². The zero-order chi connectivity index (χ0) is 15.2. The molecule has 2 rings (SSSR count). The van der Waals surface area contributed by atoms with Crippen LogP contribution in [0.15, 0.2) is 22.7 Å². The second kappa shape index (κ2) is 7.87. The molecule has 0 saturated heterocycles. The van der Waals surface area contributed by atoms with Gasteiger partial charge in [0.05, 0.1) is 22.2 Å². The van der Waals surface area contributed by atoms with Crippen LogP contribution < -0.4 is 10.1 Å². The Hall–Kier alpha value is -0.980. The van der Waals surface area contributed by atoms with Gasteiger partial charge >= 0.3 is 0 Å². The van der Waals surface area contributed by atoms with E-state index in [0.29, 0.717) is 0 Å². The number of halogens is 1. The van der Waals surface area contributed by atoms with Crippen molar-refractivity contribution in [3.63, 3.8) is 0 Å². The Morgan fingerprint density at radius 2 is 2.24 bits per heavy atom. The average molecular weight is 370 g/mol. The van der Waals surface area contributed by atoms with Crippen LogP contribution >= 0.6 is 27.5 Å². The first-order valence-electron chi connectivity index (χ1n) is 7.00. The molecular weight excluding hydrogens is 350 g/mol. The predicted molar refractivity (Wildman–Crippen MR) is 90.1 cm³/mol. The minimum absolute atomic E-state index is 0.242. The summed E-state index contributed by atoms with van der Waals surface area (Å²) in [4.78, 5) is 1.24. The molecule has 0 saturated carbocycles. The number of aryl methyl sites for hydroxylation is 1. The normalized spacial score (nSPS) is 12.4. The van der Waals surface area contributed by atoms with Gasteiger partial charge < -0.3 is 10.1 Å².